The van der Waals surface area contributed by atoms with Crippen LogP contribution in [0, 0.1) is 5.82 Å². The van der Waals surface area contributed by atoms with Gasteiger partial charge in [-0.15, -0.1) is 3.63 Å². The van der Waals surface area contributed by atoms with E-state index in [0.717, 1.165) is 17.2 Å². The van der Waals surface area contributed by atoms with E-state index in [1.807, 2.05) is 3.63 Å². The van der Waals surface area contributed by atoms with Crippen LogP contribution in [-0.2, 0) is 34.0 Å². The van der Waals surface area contributed by atoms with E-state index >= 15 is 0 Å². The Balaban J connectivity index is 0.000000323. The van der Waals surface area contributed by atoms with Gasteiger partial charge >= 0.3 is 46.9 Å². The first-order valence-electron chi connectivity index (χ1n) is 9.50. The summed E-state index contributed by atoms with van der Waals surface area (Å²) in [6.45, 7) is 0. The van der Waals surface area contributed by atoms with Crippen molar-refractivity contribution in [3.05, 3.63) is 66.5 Å². The Bertz CT molecular complexity index is 1650. The molecule has 0 N–H and O–H groups in total. The summed E-state index contributed by atoms with van der Waals surface area (Å²) in [6, 6.07) is 14.7. The van der Waals surface area contributed by atoms with Gasteiger partial charge < -0.3 is 4.18 Å². The lowest BCUT2D eigenvalue weighted by Crippen LogP contribution is -2.34. The monoisotopic (exact) mass is 652 g/mol. The molecule has 3 aromatic rings. The van der Waals surface area contributed by atoms with Crippen molar-refractivity contribution in [2.24, 2.45) is 0 Å². The van der Waals surface area contributed by atoms with Crippen LogP contribution in [0.4, 0.5) is 43.9 Å². The first-order chi connectivity index (χ1) is 17.9. The molecule has 222 valence electrons. The van der Waals surface area contributed by atoms with Crippen LogP contribution in [0.3, 0.4) is 0 Å². The lowest BCUT2D eigenvalue weighted by molar-refractivity contribution is -0.0586. The predicted molar refractivity (Wildman–Crippen MR) is 116 cm³/mol. The second kappa shape index (κ2) is 11.0. The summed E-state index contributed by atoms with van der Waals surface area (Å²) in [6.07, 6.45) is 0. The number of halogens is 10. The van der Waals surface area contributed by atoms with E-state index in [4.69, 9.17) is 0 Å². The molecular formula is C19H10F10O8S3. The highest BCUT2D eigenvalue weighted by Gasteiger charge is 2.57. The van der Waals surface area contributed by atoms with Gasteiger partial charge in [0.1, 0.15) is 11.6 Å². The molecule has 3 rings (SSSR count). The minimum Gasteiger partial charge on any atom is -0.376 e. The third-order valence-electron chi connectivity index (χ3n) is 4.22. The van der Waals surface area contributed by atoms with E-state index in [1.54, 1.807) is 30.3 Å². The van der Waals surface area contributed by atoms with Crippen LogP contribution in [0.2, 0.25) is 0 Å². The van der Waals surface area contributed by atoms with Crippen LogP contribution in [0.15, 0.2) is 60.7 Å². The second-order valence-corrected chi connectivity index (χ2v) is 11.9. The lowest BCUT2D eigenvalue weighted by Gasteiger charge is -2.10. The first kappa shape index (κ1) is 33.0. The average Bonchev–Trinajstić information content (AvgIpc) is 2.76. The minimum absolute atomic E-state index is 0.364. The van der Waals surface area contributed by atoms with Crippen LogP contribution in [0.25, 0.3) is 21.9 Å². The zero-order valence-corrected chi connectivity index (χ0v) is 21.0. The second-order valence-electron chi connectivity index (χ2n) is 7.08. The molecule has 0 spiro atoms. The maximum Gasteiger partial charge on any atom is 0.534 e. The number of alkyl halides is 9. The molecule has 0 atom stereocenters. The third kappa shape index (κ3) is 7.95. The zero-order chi connectivity index (χ0) is 30.9. The maximum absolute atomic E-state index is 13.0. The molecule has 0 unspecified atom stereocenters. The zero-order valence-electron chi connectivity index (χ0n) is 18.5. The molecule has 0 radical (unpaired) electrons. The van der Waals surface area contributed by atoms with Crippen LogP contribution < -0.4 is 4.18 Å². The highest BCUT2D eigenvalue weighted by molar-refractivity contribution is 8.00. The maximum atomic E-state index is 13.0. The van der Waals surface area contributed by atoms with Gasteiger partial charge in [-0.3, -0.25) is 0 Å². The molecule has 0 fully saturated rings. The van der Waals surface area contributed by atoms with Crippen LogP contribution >= 0.6 is 0 Å². The fourth-order valence-electron chi connectivity index (χ4n) is 2.47. The quantitative estimate of drug-likeness (QED) is 0.199. The van der Waals surface area contributed by atoms with E-state index in [0.29, 0.717) is 10.8 Å². The molecule has 0 aliphatic rings. The van der Waals surface area contributed by atoms with Gasteiger partial charge in [0, 0.05) is 0 Å². The molecule has 0 saturated heterocycles. The Morgan fingerprint density at radius 2 is 0.900 bits per heavy atom. The molecule has 21 heteroatoms. The first-order valence-corrected chi connectivity index (χ1v) is 13.7. The largest absolute Gasteiger partial charge is 0.534 e. The summed E-state index contributed by atoms with van der Waals surface area (Å²) in [4.78, 5) is 0. The Morgan fingerprint density at radius 1 is 0.500 bits per heavy atom. The number of hydrogen-bond donors (Lipinski definition) is 0. The Labute approximate surface area is 218 Å². The van der Waals surface area contributed by atoms with Crippen molar-refractivity contribution < 1.29 is 77.0 Å². The molecule has 0 aliphatic heterocycles. The van der Waals surface area contributed by atoms with Crippen molar-refractivity contribution in [2.75, 3.05) is 0 Å². The number of fused-ring (bicyclic) bond motifs is 1. The molecule has 0 heterocycles. The van der Waals surface area contributed by atoms with Gasteiger partial charge in [-0.05, 0) is 52.2 Å². The van der Waals surface area contributed by atoms with Crippen molar-refractivity contribution in [2.45, 2.75) is 16.5 Å². The third-order valence-corrected chi connectivity index (χ3v) is 7.77. The van der Waals surface area contributed by atoms with Gasteiger partial charge in [0.2, 0.25) is 0 Å². The highest BCUT2D eigenvalue weighted by Crippen LogP contribution is 2.33. The van der Waals surface area contributed by atoms with Gasteiger partial charge in [-0.25, -0.2) is 4.39 Å². The van der Waals surface area contributed by atoms with Gasteiger partial charge in [-0.2, -0.15) is 64.8 Å². The van der Waals surface area contributed by atoms with Crippen molar-refractivity contribution in [3.63, 3.8) is 0 Å². The van der Waals surface area contributed by atoms with Crippen LogP contribution in [-0.4, -0.2) is 41.8 Å². The number of hydrogen-bond acceptors (Lipinski definition) is 8. The number of rotatable bonds is 5. The van der Waals surface area contributed by atoms with Gasteiger partial charge in [0.15, 0.2) is 0 Å². The fraction of sp³-hybridized carbons (Fsp3) is 0.158. The summed E-state index contributed by atoms with van der Waals surface area (Å²) in [5.41, 5.74) is -16.5. The van der Waals surface area contributed by atoms with E-state index in [1.165, 1.54) is 24.3 Å². The summed E-state index contributed by atoms with van der Waals surface area (Å²) in [5.74, 6) is -0.795. The van der Waals surface area contributed by atoms with Gasteiger partial charge in [0.25, 0.3) is 0 Å². The molecule has 0 aromatic heterocycles. The summed E-state index contributed by atoms with van der Waals surface area (Å²) < 4.78 is 186. The molecule has 0 saturated carbocycles. The molecule has 3 aromatic carbocycles. The fourth-order valence-corrected chi connectivity index (χ4v) is 4.48. The van der Waals surface area contributed by atoms with E-state index in [-0.39, 0.29) is 5.82 Å². The normalized spacial score (nSPS) is 13.4. The van der Waals surface area contributed by atoms with Crippen molar-refractivity contribution in [1.29, 1.82) is 0 Å². The van der Waals surface area contributed by atoms with Crippen LogP contribution in [0.5, 0.6) is 5.75 Å². The number of benzene rings is 3. The Kier molecular flexibility index (Phi) is 9.09. The van der Waals surface area contributed by atoms with E-state index in [2.05, 4.69) is 4.18 Å². The molecule has 40 heavy (non-hydrogen) atoms. The molecule has 8 nitrogen and oxygen atoms in total. The van der Waals surface area contributed by atoms with Gasteiger partial charge in [-0.1, -0.05) is 30.3 Å². The molecule has 0 aliphatic carbocycles. The predicted octanol–water partition coefficient (Wildman–Crippen LogP) is 5.58. The lowest BCUT2D eigenvalue weighted by atomic mass is 10.0. The van der Waals surface area contributed by atoms with E-state index in [9.17, 15) is 69.2 Å². The Hall–Kier alpha value is -3.17. The van der Waals surface area contributed by atoms with E-state index < -0.39 is 52.6 Å². The molecule has 0 amide bonds. The summed E-state index contributed by atoms with van der Waals surface area (Å²) in [5, 5.41) is 1.17. The minimum atomic E-state index is -6.85. The Morgan fingerprint density at radius 3 is 1.35 bits per heavy atom. The summed E-state index contributed by atoms with van der Waals surface area (Å²) >= 11 is 0. The topological polar surface area (TPSA) is 121 Å². The van der Waals surface area contributed by atoms with Crippen molar-refractivity contribution in [3.8, 4) is 16.9 Å². The van der Waals surface area contributed by atoms with Gasteiger partial charge in [0.05, 0.1) is 0 Å². The standard InChI is InChI=1S/C17H10F4O3S.C2F6O5S2/c18-15-6-3-11(4-7-15)12-1-2-14-10-16(8-5-13(14)9-12)24-25(22,23)17(19,20)21;3-1(4,5)14(9,10)13-15(11,12)2(6,7)8/h1-10H;. The smallest absolute Gasteiger partial charge is 0.376 e. The molecular weight excluding hydrogens is 642 g/mol. The molecule has 0 bridgehead atoms. The highest BCUT2D eigenvalue weighted by atomic mass is 32.3. The SMILES string of the molecule is O=S(=O)(OS(=O)(=O)C(F)(F)F)C(F)(F)F.O=S(=O)(Oc1ccc2cc(-c3ccc(F)cc3)ccc2c1)C(F)(F)F. The summed E-state index contributed by atoms with van der Waals surface area (Å²) in [7, 11) is -19.4. The van der Waals surface area contributed by atoms with Crippen LogP contribution in [0.1, 0.15) is 0 Å². The van der Waals surface area contributed by atoms with Crippen molar-refractivity contribution in [1.82, 2.24) is 0 Å². The van der Waals surface area contributed by atoms with Crippen molar-refractivity contribution >= 4 is 41.1 Å². The average molecular weight is 652 g/mol.